The lowest BCUT2D eigenvalue weighted by atomic mass is 9.92. The number of amides is 2. The summed E-state index contributed by atoms with van der Waals surface area (Å²) in [5.41, 5.74) is 1.90. The zero-order valence-electron chi connectivity index (χ0n) is 14.6. The fourth-order valence-corrected chi connectivity index (χ4v) is 3.52. The van der Waals surface area contributed by atoms with Crippen LogP contribution in [0, 0.1) is 13.8 Å². The van der Waals surface area contributed by atoms with Gasteiger partial charge in [-0.25, -0.2) is 0 Å². The second-order valence-electron chi connectivity index (χ2n) is 6.33. The Labute approximate surface area is 137 Å². The quantitative estimate of drug-likeness (QED) is 0.889. The van der Waals surface area contributed by atoms with Crippen molar-refractivity contribution in [3.8, 4) is 0 Å². The molecule has 0 aliphatic carbocycles. The van der Waals surface area contributed by atoms with Crippen molar-refractivity contribution >= 4 is 17.5 Å². The van der Waals surface area contributed by atoms with E-state index >= 15 is 0 Å². The van der Waals surface area contributed by atoms with Crippen LogP contribution in [0.3, 0.4) is 0 Å². The summed E-state index contributed by atoms with van der Waals surface area (Å²) in [6.45, 7) is 6.37. The van der Waals surface area contributed by atoms with E-state index in [1.165, 1.54) is 0 Å². The zero-order chi connectivity index (χ0) is 17.2. The lowest BCUT2D eigenvalue weighted by Gasteiger charge is -2.37. The highest BCUT2D eigenvalue weighted by Crippen LogP contribution is 2.33. The molecule has 2 heterocycles. The first-order valence-electron chi connectivity index (χ1n) is 7.88. The molecule has 2 amide bonds. The summed E-state index contributed by atoms with van der Waals surface area (Å²) in [4.78, 5) is 26.3. The van der Waals surface area contributed by atoms with Crippen molar-refractivity contribution < 1.29 is 14.3 Å². The van der Waals surface area contributed by atoms with Gasteiger partial charge in [-0.1, -0.05) is 0 Å². The van der Waals surface area contributed by atoms with Gasteiger partial charge in [0.15, 0.2) is 0 Å². The topological polar surface area (TPSA) is 76.5 Å². The van der Waals surface area contributed by atoms with E-state index in [9.17, 15) is 9.59 Å². The molecule has 0 unspecified atom stereocenters. The van der Waals surface area contributed by atoms with Gasteiger partial charge in [0.05, 0.1) is 35.6 Å². The number of nitrogens with zero attached hydrogens (tertiary/aromatic N) is 3. The molecule has 0 spiro atoms. The van der Waals surface area contributed by atoms with E-state index in [2.05, 4.69) is 10.4 Å². The SMILES string of the molecule is COC[C@]1(CC(=O)Nc2c(C)nn(C)c2C)CCCN1C(C)=O. The molecule has 1 aliphatic heterocycles. The van der Waals surface area contributed by atoms with Gasteiger partial charge in [-0.15, -0.1) is 0 Å². The predicted molar refractivity (Wildman–Crippen MR) is 87.2 cm³/mol. The number of ether oxygens (including phenoxy) is 1. The van der Waals surface area contributed by atoms with Crippen molar-refractivity contribution in [3.63, 3.8) is 0 Å². The maximum atomic E-state index is 12.6. The van der Waals surface area contributed by atoms with Crippen LogP contribution in [0.15, 0.2) is 0 Å². The van der Waals surface area contributed by atoms with Gasteiger partial charge < -0.3 is 15.0 Å². The molecule has 1 aliphatic rings. The molecule has 1 aromatic rings. The van der Waals surface area contributed by atoms with E-state index in [0.717, 1.165) is 29.9 Å². The number of carbonyl (C=O) groups is 2. The molecule has 1 saturated heterocycles. The first-order valence-corrected chi connectivity index (χ1v) is 7.88. The summed E-state index contributed by atoms with van der Waals surface area (Å²) in [6.07, 6.45) is 1.90. The number of hydrogen-bond acceptors (Lipinski definition) is 4. The largest absolute Gasteiger partial charge is 0.382 e. The second-order valence-corrected chi connectivity index (χ2v) is 6.33. The Hall–Kier alpha value is -1.89. The first-order chi connectivity index (χ1) is 10.8. The Morgan fingerprint density at radius 2 is 2.09 bits per heavy atom. The lowest BCUT2D eigenvalue weighted by molar-refractivity contribution is -0.136. The normalized spacial score (nSPS) is 20.8. The Morgan fingerprint density at radius 1 is 1.39 bits per heavy atom. The molecule has 2 rings (SSSR count). The van der Waals surface area contributed by atoms with Crippen molar-refractivity contribution in [1.82, 2.24) is 14.7 Å². The molecule has 1 aromatic heterocycles. The molecule has 7 nitrogen and oxygen atoms in total. The molecule has 0 radical (unpaired) electrons. The van der Waals surface area contributed by atoms with E-state index in [-0.39, 0.29) is 18.2 Å². The first kappa shape index (κ1) is 17.5. The third-order valence-electron chi connectivity index (χ3n) is 4.65. The minimum absolute atomic E-state index is 0.0129. The van der Waals surface area contributed by atoms with Crippen LogP contribution in [0.25, 0.3) is 0 Å². The van der Waals surface area contributed by atoms with Gasteiger partial charge >= 0.3 is 0 Å². The van der Waals surface area contributed by atoms with Gasteiger partial charge in [0.25, 0.3) is 0 Å². The molecule has 0 bridgehead atoms. The molecule has 1 fully saturated rings. The summed E-state index contributed by atoms with van der Waals surface area (Å²) >= 11 is 0. The number of aryl methyl sites for hydroxylation is 2. The number of likely N-dealkylation sites (tertiary alicyclic amines) is 1. The molecule has 1 N–H and O–H groups in total. The standard InChI is InChI=1S/C16H26N4O3/c1-11-15(12(2)19(4)18-11)17-14(22)9-16(10-23-5)7-6-8-20(16)13(3)21/h6-10H2,1-5H3,(H,17,22)/t16-/m1/s1. The van der Waals surface area contributed by atoms with E-state index in [1.54, 1.807) is 23.6 Å². The molecule has 23 heavy (non-hydrogen) atoms. The number of nitrogens with one attached hydrogen (secondary N) is 1. The summed E-state index contributed by atoms with van der Waals surface area (Å²) in [5.74, 6) is -0.129. The summed E-state index contributed by atoms with van der Waals surface area (Å²) in [5, 5.41) is 7.26. The van der Waals surface area contributed by atoms with Crippen LogP contribution in [0.5, 0.6) is 0 Å². The number of anilines is 1. The van der Waals surface area contributed by atoms with Gasteiger partial charge in [0.1, 0.15) is 0 Å². The minimum atomic E-state index is -0.547. The van der Waals surface area contributed by atoms with E-state index in [4.69, 9.17) is 4.74 Å². The minimum Gasteiger partial charge on any atom is -0.382 e. The molecule has 0 saturated carbocycles. The number of methoxy groups -OCH3 is 1. The van der Waals surface area contributed by atoms with Crippen LogP contribution >= 0.6 is 0 Å². The second kappa shape index (κ2) is 6.70. The average molecular weight is 322 g/mol. The van der Waals surface area contributed by atoms with Crippen LogP contribution in [0.1, 0.15) is 37.6 Å². The third-order valence-corrected chi connectivity index (χ3v) is 4.65. The Balaban J connectivity index is 2.17. The molecule has 1 atom stereocenters. The molecule has 0 aromatic carbocycles. The van der Waals surface area contributed by atoms with E-state index in [0.29, 0.717) is 13.2 Å². The van der Waals surface area contributed by atoms with Crippen LogP contribution in [-0.4, -0.2) is 52.3 Å². The third kappa shape index (κ3) is 3.39. The number of aromatic nitrogens is 2. The van der Waals surface area contributed by atoms with Gasteiger partial charge in [-0.05, 0) is 26.7 Å². The van der Waals surface area contributed by atoms with Gasteiger partial charge in [0.2, 0.25) is 11.8 Å². The van der Waals surface area contributed by atoms with Gasteiger partial charge in [-0.3, -0.25) is 14.3 Å². The highest BCUT2D eigenvalue weighted by molar-refractivity contribution is 5.93. The summed E-state index contributed by atoms with van der Waals surface area (Å²) in [7, 11) is 3.45. The zero-order valence-corrected chi connectivity index (χ0v) is 14.6. The molecule has 128 valence electrons. The van der Waals surface area contributed by atoms with Crippen molar-refractivity contribution in [2.45, 2.75) is 45.6 Å². The van der Waals surface area contributed by atoms with Gasteiger partial charge in [-0.2, -0.15) is 5.10 Å². The summed E-state index contributed by atoms with van der Waals surface area (Å²) in [6, 6.07) is 0. The Kier molecular flexibility index (Phi) is 5.09. The smallest absolute Gasteiger partial charge is 0.226 e. The Morgan fingerprint density at radius 3 is 2.61 bits per heavy atom. The molecular weight excluding hydrogens is 296 g/mol. The van der Waals surface area contributed by atoms with Crippen molar-refractivity contribution in [3.05, 3.63) is 11.4 Å². The number of rotatable bonds is 5. The van der Waals surface area contributed by atoms with Crippen molar-refractivity contribution in [2.75, 3.05) is 25.6 Å². The highest BCUT2D eigenvalue weighted by Gasteiger charge is 2.44. The van der Waals surface area contributed by atoms with Crippen molar-refractivity contribution in [2.24, 2.45) is 7.05 Å². The van der Waals surface area contributed by atoms with Gasteiger partial charge in [0, 0.05) is 27.6 Å². The van der Waals surface area contributed by atoms with Crippen LogP contribution in [-0.2, 0) is 21.4 Å². The number of carbonyl (C=O) groups excluding carboxylic acids is 2. The number of hydrogen-bond donors (Lipinski definition) is 1. The van der Waals surface area contributed by atoms with Crippen LogP contribution < -0.4 is 5.32 Å². The fraction of sp³-hybridized carbons (Fsp3) is 0.688. The average Bonchev–Trinajstić information content (AvgIpc) is 2.96. The predicted octanol–water partition coefficient (Wildman–Crippen LogP) is 1.39. The molecular formula is C16H26N4O3. The van der Waals surface area contributed by atoms with Crippen LogP contribution in [0.2, 0.25) is 0 Å². The van der Waals surface area contributed by atoms with Crippen molar-refractivity contribution in [1.29, 1.82) is 0 Å². The monoisotopic (exact) mass is 322 g/mol. The van der Waals surface area contributed by atoms with E-state index in [1.807, 2.05) is 20.9 Å². The fourth-order valence-electron chi connectivity index (χ4n) is 3.52. The van der Waals surface area contributed by atoms with E-state index < -0.39 is 5.54 Å². The lowest BCUT2D eigenvalue weighted by Crippen LogP contribution is -2.51. The maximum absolute atomic E-state index is 12.6. The molecule has 7 heteroatoms. The maximum Gasteiger partial charge on any atom is 0.226 e. The van der Waals surface area contributed by atoms with Crippen LogP contribution in [0.4, 0.5) is 5.69 Å². The highest BCUT2D eigenvalue weighted by atomic mass is 16.5. The summed E-state index contributed by atoms with van der Waals surface area (Å²) < 4.78 is 7.07. The Bertz CT molecular complexity index is 611.